The Morgan fingerprint density at radius 2 is 2.00 bits per heavy atom. The summed E-state index contributed by atoms with van der Waals surface area (Å²) in [7, 11) is 2.02. The third-order valence-electron chi connectivity index (χ3n) is 5.49. The van der Waals surface area contributed by atoms with E-state index in [1.807, 2.05) is 37.4 Å². The fraction of sp³-hybridized carbons (Fsp3) is 0.435. The lowest BCUT2D eigenvalue weighted by Gasteiger charge is -2.32. The first-order valence-corrected chi connectivity index (χ1v) is 11.1. The van der Waals surface area contributed by atoms with E-state index < -0.39 is 0 Å². The molecule has 2 heterocycles. The smallest absolute Gasteiger partial charge is 0.220 e. The van der Waals surface area contributed by atoms with E-state index in [4.69, 9.17) is 22.3 Å². The molecular weight excluding hydrogens is 412 g/mol. The quantitative estimate of drug-likeness (QED) is 0.508. The van der Waals surface area contributed by atoms with E-state index in [0.29, 0.717) is 6.54 Å². The predicted molar refractivity (Wildman–Crippen MR) is 126 cm³/mol. The van der Waals surface area contributed by atoms with Crippen molar-refractivity contribution in [2.45, 2.75) is 32.9 Å². The molecule has 0 atom stereocenters. The average Bonchev–Trinajstić information content (AvgIpc) is 2.78. The van der Waals surface area contributed by atoms with Crippen LogP contribution in [0.25, 0.3) is 0 Å². The predicted octanol–water partition coefficient (Wildman–Crippen LogP) is 3.03. The fourth-order valence-corrected chi connectivity index (χ4v) is 3.91. The number of aliphatic imine (C=N–C) groups is 1. The van der Waals surface area contributed by atoms with E-state index in [2.05, 4.69) is 33.1 Å². The zero-order chi connectivity index (χ0) is 22.2. The van der Waals surface area contributed by atoms with Crippen molar-refractivity contribution in [3.63, 3.8) is 0 Å². The molecule has 166 valence electrons. The number of amides is 1. The number of anilines is 1. The number of hydrogen-bond acceptors (Lipinski definition) is 4. The lowest BCUT2D eigenvalue weighted by Crippen LogP contribution is -2.39. The highest BCUT2D eigenvalue weighted by molar-refractivity contribution is 6.30. The lowest BCUT2D eigenvalue weighted by atomic mass is 9.96. The third-order valence-corrected chi connectivity index (χ3v) is 5.74. The van der Waals surface area contributed by atoms with E-state index in [1.54, 1.807) is 6.20 Å². The van der Waals surface area contributed by atoms with Gasteiger partial charge in [-0.15, -0.1) is 0 Å². The van der Waals surface area contributed by atoms with Gasteiger partial charge in [-0.2, -0.15) is 0 Å². The maximum atomic E-state index is 11.5. The van der Waals surface area contributed by atoms with Gasteiger partial charge in [-0.1, -0.05) is 29.8 Å². The van der Waals surface area contributed by atoms with E-state index in [-0.39, 0.29) is 11.8 Å². The number of aromatic nitrogens is 1. The molecule has 0 unspecified atom stereocenters. The van der Waals surface area contributed by atoms with Crippen molar-refractivity contribution < 1.29 is 4.79 Å². The topological polar surface area (TPSA) is 86.9 Å². The molecule has 1 aromatic heterocycles. The van der Waals surface area contributed by atoms with Gasteiger partial charge in [0.1, 0.15) is 5.82 Å². The first-order chi connectivity index (χ1) is 15.0. The van der Waals surface area contributed by atoms with Crippen LogP contribution >= 0.6 is 11.6 Å². The van der Waals surface area contributed by atoms with E-state index in [9.17, 15) is 4.79 Å². The molecule has 1 amide bonds. The summed E-state index contributed by atoms with van der Waals surface area (Å²) in [5.74, 6) is 1.53. The first kappa shape index (κ1) is 22.9. The van der Waals surface area contributed by atoms with Crippen LogP contribution in [0.4, 0.5) is 5.82 Å². The Hall–Kier alpha value is -2.80. The number of hydrogen-bond donors (Lipinski definition) is 2. The van der Waals surface area contributed by atoms with Gasteiger partial charge >= 0.3 is 0 Å². The van der Waals surface area contributed by atoms with Crippen LogP contribution in [0.2, 0.25) is 5.02 Å². The Morgan fingerprint density at radius 1 is 1.29 bits per heavy atom. The van der Waals surface area contributed by atoms with Crippen molar-refractivity contribution in [1.29, 1.82) is 0 Å². The van der Waals surface area contributed by atoms with Gasteiger partial charge < -0.3 is 20.9 Å². The van der Waals surface area contributed by atoms with Crippen LogP contribution in [0.5, 0.6) is 0 Å². The number of nitrogens with two attached hydrogens (primary N) is 1. The van der Waals surface area contributed by atoms with Crippen LogP contribution in [0, 0.1) is 5.92 Å². The number of nitrogens with one attached hydrogen (secondary N) is 1. The normalized spacial score (nSPS) is 15.1. The number of carbonyl (C=O) groups is 1. The van der Waals surface area contributed by atoms with Gasteiger partial charge in [0.2, 0.25) is 5.91 Å². The van der Waals surface area contributed by atoms with Crippen LogP contribution in [0.3, 0.4) is 0 Å². The molecule has 31 heavy (non-hydrogen) atoms. The molecule has 0 saturated carbocycles. The fourth-order valence-electron chi connectivity index (χ4n) is 3.78. The molecular formula is C23H31ClN6O. The van der Waals surface area contributed by atoms with Crippen molar-refractivity contribution in [2.75, 3.05) is 31.6 Å². The van der Waals surface area contributed by atoms with Gasteiger partial charge in [-0.05, 0) is 43.5 Å². The van der Waals surface area contributed by atoms with Crippen molar-refractivity contribution in [3.8, 4) is 0 Å². The lowest BCUT2D eigenvalue weighted by molar-refractivity contribution is -0.122. The molecule has 0 spiro atoms. The molecule has 0 aliphatic carbocycles. The zero-order valence-corrected chi connectivity index (χ0v) is 19.0. The van der Waals surface area contributed by atoms with Gasteiger partial charge in [-0.25, -0.2) is 9.98 Å². The monoisotopic (exact) mass is 442 g/mol. The summed E-state index contributed by atoms with van der Waals surface area (Å²) in [5.41, 5.74) is 7.70. The number of carbonyl (C=O) groups excluding carboxylic acids is 1. The van der Waals surface area contributed by atoms with Gasteiger partial charge in [-0.3, -0.25) is 4.79 Å². The maximum absolute atomic E-state index is 11.5. The third kappa shape index (κ3) is 6.34. The largest absolute Gasteiger partial charge is 0.369 e. The SMILES string of the molecule is CCNC(=NCc1cccnc1N1CCC(C(N)=O)CC1)N(C)Cc1ccc(Cl)cc1. The number of halogens is 1. The Morgan fingerprint density at radius 3 is 2.65 bits per heavy atom. The maximum Gasteiger partial charge on any atom is 0.220 e. The van der Waals surface area contributed by atoms with Gasteiger partial charge in [0.25, 0.3) is 0 Å². The molecule has 1 aromatic carbocycles. The number of rotatable bonds is 7. The summed E-state index contributed by atoms with van der Waals surface area (Å²) in [6, 6.07) is 11.9. The second-order valence-corrected chi connectivity index (χ2v) is 8.24. The van der Waals surface area contributed by atoms with Crippen LogP contribution in [0.15, 0.2) is 47.6 Å². The molecule has 1 aliphatic heterocycles. The Balaban J connectivity index is 1.71. The van der Waals surface area contributed by atoms with Crippen LogP contribution in [-0.4, -0.2) is 48.4 Å². The molecule has 0 bridgehead atoms. The van der Waals surface area contributed by atoms with Crippen LogP contribution in [0.1, 0.15) is 30.9 Å². The summed E-state index contributed by atoms with van der Waals surface area (Å²) < 4.78 is 0. The van der Waals surface area contributed by atoms with Crippen molar-refractivity contribution in [2.24, 2.45) is 16.6 Å². The summed E-state index contributed by atoms with van der Waals surface area (Å²) in [5, 5.41) is 4.10. The summed E-state index contributed by atoms with van der Waals surface area (Å²) in [4.78, 5) is 25.3. The number of primary amides is 1. The zero-order valence-electron chi connectivity index (χ0n) is 18.2. The minimum absolute atomic E-state index is 0.0386. The number of piperidine rings is 1. The average molecular weight is 443 g/mol. The Bertz CT molecular complexity index is 893. The number of pyridine rings is 1. The number of guanidine groups is 1. The first-order valence-electron chi connectivity index (χ1n) is 10.7. The van der Waals surface area contributed by atoms with Crippen LogP contribution < -0.4 is 16.0 Å². The highest BCUT2D eigenvalue weighted by atomic mass is 35.5. The minimum Gasteiger partial charge on any atom is -0.369 e. The number of benzene rings is 1. The second kappa shape index (κ2) is 11.0. The minimum atomic E-state index is -0.204. The highest BCUT2D eigenvalue weighted by Crippen LogP contribution is 2.25. The molecule has 7 nitrogen and oxygen atoms in total. The highest BCUT2D eigenvalue weighted by Gasteiger charge is 2.25. The molecule has 1 aliphatic rings. The standard InChI is InChI=1S/C23H31ClN6O/c1-3-26-23(29(2)16-17-6-8-20(24)9-7-17)28-15-19-5-4-12-27-22(19)30-13-10-18(11-14-30)21(25)31/h4-9,12,18H,3,10-11,13-16H2,1-2H3,(H2,25,31)(H,26,28). The van der Waals surface area contributed by atoms with E-state index >= 15 is 0 Å². The van der Waals surface area contributed by atoms with Crippen LogP contribution in [-0.2, 0) is 17.9 Å². The summed E-state index contributed by atoms with van der Waals surface area (Å²) in [6.45, 7) is 5.64. The number of nitrogens with zero attached hydrogens (tertiary/aromatic N) is 4. The molecule has 3 N–H and O–H groups in total. The molecule has 1 fully saturated rings. The molecule has 3 rings (SSSR count). The molecule has 0 radical (unpaired) electrons. The summed E-state index contributed by atoms with van der Waals surface area (Å²) >= 11 is 6.00. The van der Waals surface area contributed by atoms with Gasteiger partial charge in [0.05, 0.1) is 6.54 Å². The summed E-state index contributed by atoms with van der Waals surface area (Å²) in [6.07, 6.45) is 3.34. The van der Waals surface area contributed by atoms with Crippen molar-refractivity contribution in [1.82, 2.24) is 15.2 Å². The van der Waals surface area contributed by atoms with E-state index in [1.165, 1.54) is 0 Å². The van der Waals surface area contributed by atoms with Gasteiger partial charge in [0.15, 0.2) is 5.96 Å². The molecule has 8 heteroatoms. The van der Waals surface area contributed by atoms with Crippen molar-refractivity contribution in [3.05, 3.63) is 58.7 Å². The second-order valence-electron chi connectivity index (χ2n) is 7.80. The Kier molecular flexibility index (Phi) is 8.12. The molecule has 1 saturated heterocycles. The van der Waals surface area contributed by atoms with Crippen molar-refractivity contribution >= 4 is 29.3 Å². The van der Waals surface area contributed by atoms with E-state index in [0.717, 1.165) is 66.9 Å². The van der Waals surface area contributed by atoms with Gasteiger partial charge in [0, 0.05) is 55.9 Å². The molecule has 2 aromatic rings. The Labute approximate surface area is 189 Å².